The quantitative estimate of drug-likeness (QED) is 0.806. The minimum Gasteiger partial charge on any atom is -0.444 e. The molecule has 1 saturated heterocycles. The van der Waals surface area contributed by atoms with E-state index in [0.29, 0.717) is 32.5 Å². The number of hydrogen-bond donors (Lipinski definition) is 2. The van der Waals surface area contributed by atoms with E-state index in [4.69, 9.17) is 15.2 Å². The van der Waals surface area contributed by atoms with Gasteiger partial charge in [-0.05, 0) is 54.4 Å². The lowest BCUT2D eigenvalue weighted by atomic mass is 9.96. The Balaban J connectivity index is 0.00000277. The van der Waals surface area contributed by atoms with Gasteiger partial charge in [0.05, 0.1) is 0 Å². The third-order valence-electron chi connectivity index (χ3n) is 3.33. The molecule has 0 bridgehead atoms. The lowest BCUT2D eigenvalue weighted by Gasteiger charge is -2.27. The molecule has 7 nitrogen and oxygen atoms in total. The molecule has 0 aromatic heterocycles. The molecule has 1 unspecified atom stereocenters. The van der Waals surface area contributed by atoms with Crippen LogP contribution in [0.4, 0.5) is 9.59 Å². The van der Waals surface area contributed by atoms with E-state index in [1.165, 1.54) is 0 Å². The molecule has 3 N–H and O–H groups in total. The van der Waals surface area contributed by atoms with E-state index in [9.17, 15) is 9.59 Å². The number of rotatable bonds is 3. The van der Waals surface area contributed by atoms with Gasteiger partial charge in [0.15, 0.2) is 0 Å². The van der Waals surface area contributed by atoms with Crippen LogP contribution in [-0.4, -0.2) is 53.5 Å². The molecule has 1 fully saturated rings. The maximum Gasteiger partial charge on any atom is 0.410 e. The van der Waals surface area contributed by atoms with Gasteiger partial charge in [0.1, 0.15) is 11.2 Å². The van der Waals surface area contributed by atoms with Gasteiger partial charge >= 0.3 is 12.2 Å². The molecule has 0 aliphatic carbocycles. The Morgan fingerprint density at radius 1 is 1.08 bits per heavy atom. The van der Waals surface area contributed by atoms with Crippen molar-refractivity contribution in [3.8, 4) is 0 Å². The molecule has 1 aliphatic heterocycles. The van der Waals surface area contributed by atoms with Gasteiger partial charge in [-0.15, -0.1) is 0 Å². The summed E-state index contributed by atoms with van der Waals surface area (Å²) in [6.07, 6.45) is 0.460. The topological polar surface area (TPSA) is 93.9 Å². The van der Waals surface area contributed by atoms with E-state index in [1.54, 1.807) is 4.90 Å². The largest absolute Gasteiger partial charge is 0.444 e. The lowest BCUT2D eigenvalue weighted by molar-refractivity contribution is 0.0282. The standard InChI is InChI=1S/C16H31N3O4.C2H6/c1-14(2,3)22-12(20)18-9-7-16(17)8-10-19(11-16)13(21)23-15(4,5)6;1-2/h7-11,17H2,1-6H3,(H,18,20);1-2H3. The molecule has 1 rings (SSSR count). The van der Waals surface area contributed by atoms with Crippen LogP contribution in [0, 0.1) is 0 Å². The zero-order chi connectivity index (χ0) is 19.9. The van der Waals surface area contributed by atoms with Crippen molar-refractivity contribution in [2.75, 3.05) is 19.6 Å². The fourth-order valence-electron chi connectivity index (χ4n) is 2.31. The average molecular weight is 360 g/mol. The molecule has 2 amide bonds. The van der Waals surface area contributed by atoms with Crippen LogP contribution in [0.1, 0.15) is 68.2 Å². The zero-order valence-corrected chi connectivity index (χ0v) is 17.2. The number of hydrogen-bond acceptors (Lipinski definition) is 5. The molecule has 0 spiro atoms. The minimum atomic E-state index is -0.522. The van der Waals surface area contributed by atoms with Gasteiger partial charge in [0.25, 0.3) is 0 Å². The zero-order valence-electron chi connectivity index (χ0n) is 17.2. The predicted molar refractivity (Wildman–Crippen MR) is 99.5 cm³/mol. The van der Waals surface area contributed by atoms with Crippen molar-refractivity contribution < 1.29 is 19.1 Å². The van der Waals surface area contributed by atoms with E-state index in [2.05, 4.69) is 5.32 Å². The van der Waals surface area contributed by atoms with Crippen molar-refractivity contribution in [2.24, 2.45) is 5.73 Å². The third kappa shape index (κ3) is 10.2. The van der Waals surface area contributed by atoms with Crippen molar-refractivity contribution in [1.29, 1.82) is 0 Å². The first kappa shape index (κ1) is 23.5. The number of carbonyl (C=O) groups excluding carboxylic acids is 2. The van der Waals surface area contributed by atoms with Gasteiger partial charge in [-0.2, -0.15) is 0 Å². The maximum absolute atomic E-state index is 12.0. The highest BCUT2D eigenvalue weighted by Crippen LogP contribution is 2.23. The number of nitrogens with one attached hydrogen (secondary N) is 1. The Kier molecular flexibility index (Phi) is 8.71. The first-order chi connectivity index (χ1) is 11.3. The van der Waals surface area contributed by atoms with E-state index in [-0.39, 0.29) is 6.09 Å². The number of carbonyl (C=O) groups is 2. The summed E-state index contributed by atoms with van der Waals surface area (Å²) in [5.74, 6) is 0. The molecule has 0 aromatic rings. The van der Waals surface area contributed by atoms with E-state index >= 15 is 0 Å². The van der Waals surface area contributed by atoms with Crippen molar-refractivity contribution in [3.05, 3.63) is 0 Å². The molecular formula is C18H37N3O4. The second-order valence-corrected chi connectivity index (χ2v) is 8.19. The Hall–Kier alpha value is -1.50. The summed E-state index contributed by atoms with van der Waals surface area (Å²) in [6.45, 7) is 16.3. The van der Waals surface area contributed by atoms with E-state index in [1.807, 2.05) is 55.4 Å². The average Bonchev–Trinajstić information content (AvgIpc) is 2.80. The van der Waals surface area contributed by atoms with E-state index in [0.717, 1.165) is 0 Å². The molecule has 0 radical (unpaired) electrons. The summed E-state index contributed by atoms with van der Waals surface area (Å²) in [5.41, 5.74) is 4.77. The summed E-state index contributed by atoms with van der Waals surface area (Å²) in [7, 11) is 0. The fraction of sp³-hybridized carbons (Fsp3) is 0.889. The molecule has 1 atom stereocenters. The first-order valence-electron chi connectivity index (χ1n) is 9.03. The second-order valence-electron chi connectivity index (χ2n) is 8.19. The Morgan fingerprint density at radius 3 is 2.08 bits per heavy atom. The summed E-state index contributed by atoms with van der Waals surface area (Å²) in [4.78, 5) is 25.3. The van der Waals surface area contributed by atoms with Crippen molar-refractivity contribution in [2.45, 2.75) is 85.0 Å². The number of nitrogens with two attached hydrogens (primary N) is 1. The van der Waals surface area contributed by atoms with Crippen molar-refractivity contribution in [1.82, 2.24) is 10.2 Å². The van der Waals surface area contributed by atoms with Gasteiger partial charge in [-0.3, -0.25) is 0 Å². The Morgan fingerprint density at radius 2 is 1.60 bits per heavy atom. The van der Waals surface area contributed by atoms with Gasteiger partial charge in [-0.25, -0.2) is 9.59 Å². The normalized spacial score (nSPS) is 20.4. The highest BCUT2D eigenvalue weighted by Gasteiger charge is 2.38. The van der Waals surface area contributed by atoms with Gasteiger partial charge in [-0.1, -0.05) is 13.8 Å². The SMILES string of the molecule is CC.CC(C)(C)OC(=O)NCCC1(N)CCN(C(=O)OC(C)(C)C)C1. The fourth-order valence-corrected chi connectivity index (χ4v) is 2.31. The van der Waals surface area contributed by atoms with Gasteiger partial charge in [0.2, 0.25) is 0 Å². The number of ether oxygens (including phenoxy) is 2. The van der Waals surface area contributed by atoms with Crippen molar-refractivity contribution in [3.63, 3.8) is 0 Å². The summed E-state index contributed by atoms with van der Waals surface area (Å²) < 4.78 is 10.5. The molecule has 0 saturated carbocycles. The molecular weight excluding hydrogens is 322 g/mol. The summed E-state index contributed by atoms with van der Waals surface area (Å²) in [5, 5.41) is 2.70. The monoisotopic (exact) mass is 359 g/mol. The second kappa shape index (κ2) is 9.27. The summed E-state index contributed by atoms with van der Waals surface area (Å²) >= 11 is 0. The molecule has 148 valence electrons. The number of amides is 2. The molecule has 1 aliphatic rings. The first-order valence-corrected chi connectivity index (χ1v) is 9.03. The van der Waals surface area contributed by atoms with Crippen LogP contribution < -0.4 is 11.1 Å². The van der Waals surface area contributed by atoms with Gasteiger partial charge < -0.3 is 25.4 Å². The van der Waals surface area contributed by atoms with Crippen LogP contribution in [-0.2, 0) is 9.47 Å². The highest BCUT2D eigenvalue weighted by atomic mass is 16.6. The maximum atomic E-state index is 12.0. The Bertz CT molecular complexity index is 441. The van der Waals surface area contributed by atoms with Crippen LogP contribution in [0.2, 0.25) is 0 Å². The van der Waals surface area contributed by atoms with Crippen molar-refractivity contribution >= 4 is 12.2 Å². The Labute approximate surface area is 152 Å². The van der Waals surface area contributed by atoms with Crippen LogP contribution in [0.5, 0.6) is 0 Å². The van der Waals surface area contributed by atoms with Crippen LogP contribution in [0.15, 0.2) is 0 Å². The molecule has 7 heteroatoms. The van der Waals surface area contributed by atoms with Crippen LogP contribution in [0.3, 0.4) is 0 Å². The van der Waals surface area contributed by atoms with Gasteiger partial charge in [0, 0.05) is 25.2 Å². The smallest absolute Gasteiger partial charge is 0.410 e. The lowest BCUT2D eigenvalue weighted by Crippen LogP contribution is -2.47. The predicted octanol–water partition coefficient (Wildman–Crippen LogP) is 3.27. The number of alkyl carbamates (subject to hydrolysis) is 1. The highest BCUT2D eigenvalue weighted by molar-refractivity contribution is 5.69. The number of nitrogens with zero attached hydrogens (tertiary/aromatic N) is 1. The van der Waals surface area contributed by atoms with Crippen LogP contribution >= 0.6 is 0 Å². The van der Waals surface area contributed by atoms with E-state index < -0.39 is 22.8 Å². The molecule has 1 heterocycles. The molecule has 0 aromatic carbocycles. The molecule has 25 heavy (non-hydrogen) atoms. The van der Waals surface area contributed by atoms with Crippen LogP contribution in [0.25, 0.3) is 0 Å². The minimum absolute atomic E-state index is 0.343. The third-order valence-corrected chi connectivity index (χ3v) is 3.33. The summed E-state index contributed by atoms with van der Waals surface area (Å²) in [6, 6.07) is 0. The number of likely N-dealkylation sites (tertiary alicyclic amines) is 1.